The molecule has 202 valence electrons. The summed E-state index contributed by atoms with van der Waals surface area (Å²) in [4.78, 5) is 29.9. The predicted molar refractivity (Wildman–Crippen MR) is 151 cm³/mol. The molecule has 1 fully saturated rings. The van der Waals surface area contributed by atoms with Gasteiger partial charge in [-0.2, -0.15) is 0 Å². The lowest BCUT2D eigenvalue weighted by molar-refractivity contribution is -0.123. The molecule has 3 aromatic rings. The quantitative estimate of drug-likeness (QED) is 0.312. The van der Waals surface area contributed by atoms with Crippen molar-refractivity contribution in [1.29, 1.82) is 0 Å². The number of fused-ring (bicyclic) bond motifs is 1. The van der Waals surface area contributed by atoms with Gasteiger partial charge in [0.2, 0.25) is 5.91 Å². The Labute approximate surface area is 229 Å². The van der Waals surface area contributed by atoms with Crippen molar-refractivity contribution in [2.75, 3.05) is 37.6 Å². The number of carbonyl (C=O) groups is 2. The Morgan fingerprint density at radius 3 is 2.56 bits per heavy atom. The molecule has 2 aliphatic rings. The van der Waals surface area contributed by atoms with Gasteiger partial charge in [-0.1, -0.05) is 54.6 Å². The van der Waals surface area contributed by atoms with E-state index < -0.39 is 11.7 Å². The van der Waals surface area contributed by atoms with Crippen LogP contribution in [-0.4, -0.2) is 49.4 Å². The topological polar surface area (TPSA) is 61.9 Å². The minimum atomic E-state index is -0.438. The van der Waals surface area contributed by atoms with Crippen molar-refractivity contribution >= 4 is 23.6 Å². The lowest BCUT2D eigenvalue weighted by atomic mass is 9.90. The molecule has 1 N–H and O–H groups in total. The first-order valence-corrected chi connectivity index (χ1v) is 13.6. The van der Waals surface area contributed by atoms with Crippen LogP contribution in [-0.2, 0) is 16.0 Å². The van der Waals surface area contributed by atoms with Gasteiger partial charge in [0, 0.05) is 6.54 Å². The van der Waals surface area contributed by atoms with Gasteiger partial charge < -0.3 is 15.0 Å². The summed E-state index contributed by atoms with van der Waals surface area (Å²) in [6.07, 6.45) is 5.90. The van der Waals surface area contributed by atoms with Crippen molar-refractivity contribution in [3.05, 3.63) is 102 Å². The van der Waals surface area contributed by atoms with E-state index in [4.69, 9.17) is 4.74 Å². The van der Waals surface area contributed by atoms with Crippen LogP contribution in [0, 0.1) is 11.7 Å². The van der Waals surface area contributed by atoms with Gasteiger partial charge in [-0.25, -0.2) is 4.39 Å². The highest BCUT2D eigenvalue weighted by molar-refractivity contribution is 6.12. The van der Waals surface area contributed by atoms with Crippen LogP contribution in [0.1, 0.15) is 30.4 Å². The molecule has 0 bridgehead atoms. The third-order valence-corrected chi connectivity index (χ3v) is 7.33. The average Bonchev–Trinajstić information content (AvgIpc) is 2.95. The molecule has 7 heteroatoms. The molecule has 3 aromatic carbocycles. The van der Waals surface area contributed by atoms with Crippen LogP contribution >= 0.6 is 0 Å². The Morgan fingerprint density at radius 1 is 1.00 bits per heavy atom. The maximum absolute atomic E-state index is 13.6. The second-order valence-electron chi connectivity index (χ2n) is 10.2. The summed E-state index contributed by atoms with van der Waals surface area (Å²) in [7, 11) is 0. The highest BCUT2D eigenvalue weighted by Gasteiger charge is 2.31. The fourth-order valence-electron chi connectivity index (χ4n) is 5.26. The summed E-state index contributed by atoms with van der Waals surface area (Å²) in [5, 5.41) is 2.96. The molecule has 2 aliphatic heterocycles. The predicted octanol–water partition coefficient (Wildman–Crippen LogP) is 5.05. The van der Waals surface area contributed by atoms with E-state index in [1.54, 1.807) is 36.4 Å². The lowest BCUT2D eigenvalue weighted by Crippen LogP contribution is -2.44. The van der Waals surface area contributed by atoms with Gasteiger partial charge in [-0.3, -0.25) is 14.5 Å². The van der Waals surface area contributed by atoms with Crippen LogP contribution < -0.4 is 15.0 Å². The number of nitrogens with zero attached hydrogens (tertiary/aromatic N) is 2. The minimum absolute atomic E-state index is 0.0442. The Bertz CT molecular complexity index is 1320. The van der Waals surface area contributed by atoms with Crippen molar-refractivity contribution in [1.82, 2.24) is 10.2 Å². The first-order chi connectivity index (χ1) is 19.0. The number of amides is 2. The molecule has 2 amide bonds. The molecule has 0 aromatic heterocycles. The summed E-state index contributed by atoms with van der Waals surface area (Å²) < 4.78 is 19.5. The fraction of sp³-hybridized carbons (Fsp3) is 0.312. The Morgan fingerprint density at radius 2 is 1.77 bits per heavy atom. The van der Waals surface area contributed by atoms with Gasteiger partial charge in [-0.15, -0.1) is 0 Å². The second kappa shape index (κ2) is 12.7. The molecule has 0 atom stereocenters. The van der Waals surface area contributed by atoms with Crippen LogP contribution in [0.3, 0.4) is 0 Å². The van der Waals surface area contributed by atoms with Gasteiger partial charge in [-0.05, 0) is 92.7 Å². The Hall–Kier alpha value is -3.97. The first-order valence-electron chi connectivity index (χ1n) is 13.6. The smallest absolute Gasteiger partial charge is 0.294 e. The number of halogens is 1. The maximum Gasteiger partial charge on any atom is 0.294 e. The van der Waals surface area contributed by atoms with Gasteiger partial charge in [0.15, 0.2) is 11.5 Å². The molecule has 0 unspecified atom stereocenters. The summed E-state index contributed by atoms with van der Waals surface area (Å²) in [6.45, 7) is 3.55. The number of rotatable bonds is 9. The van der Waals surface area contributed by atoms with Crippen molar-refractivity contribution in [3.63, 3.8) is 0 Å². The molecule has 0 aliphatic carbocycles. The zero-order valence-electron chi connectivity index (χ0n) is 22.0. The van der Waals surface area contributed by atoms with E-state index in [-0.39, 0.29) is 18.2 Å². The highest BCUT2D eigenvalue weighted by Crippen LogP contribution is 2.35. The lowest BCUT2D eigenvalue weighted by Gasteiger charge is -2.32. The number of likely N-dealkylation sites (tertiary alicyclic amines) is 1. The molecule has 1 saturated heterocycles. The van der Waals surface area contributed by atoms with E-state index in [1.807, 2.05) is 0 Å². The minimum Gasteiger partial charge on any atom is -0.449 e. The summed E-state index contributed by atoms with van der Waals surface area (Å²) in [6, 6.07) is 23.7. The van der Waals surface area contributed by atoms with Crippen molar-refractivity contribution in [3.8, 4) is 5.75 Å². The molecule has 6 nitrogen and oxygen atoms in total. The Kier molecular flexibility index (Phi) is 8.68. The van der Waals surface area contributed by atoms with Gasteiger partial charge >= 0.3 is 0 Å². The van der Waals surface area contributed by atoms with E-state index in [2.05, 4.69) is 40.5 Å². The van der Waals surface area contributed by atoms with Crippen LogP contribution in [0.25, 0.3) is 6.08 Å². The number of carbonyl (C=O) groups excluding carboxylic acids is 2. The van der Waals surface area contributed by atoms with Crippen molar-refractivity contribution in [2.45, 2.75) is 25.7 Å². The summed E-state index contributed by atoms with van der Waals surface area (Å²) in [5.41, 5.74) is 2.45. The largest absolute Gasteiger partial charge is 0.449 e. The number of para-hydroxylation sites is 2. The molecule has 5 rings (SSSR count). The number of hydrogen-bond acceptors (Lipinski definition) is 4. The van der Waals surface area contributed by atoms with Gasteiger partial charge in [0.05, 0.1) is 5.69 Å². The van der Waals surface area contributed by atoms with E-state index in [0.717, 1.165) is 38.4 Å². The van der Waals surface area contributed by atoms with Gasteiger partial charge in [0.1, 0.15) is 12.4 Å². The zero-order valence-corrected chi connectivity index (χ0v) is 22.0. The maximum atomic E-state index is 13.6. The molecule has 39 heavy (non-hydrogen) atoms. The number of nitrogens with one attached hydrogen (secondary N) is 1. The van der Waals surface area contributed by atoms with Crippen LogP contribution in [0.4, 0.5) is 10.1 Å². The third kappa shape index (κ3) is 7.12. The third-order valence-electron chi connectivity index (χ3n) is 7.33. The molecular weight excluding hydrogens is 493 g/mol. The summed E-state index contributed by atoms with van der Waals surface area (Å²) >= 11 is 0. The first kappa shape index (κ1) is 26.6. The van der Waals surface area contributed by atoms with Crippen molar-refractivity contribution in [2.24, 2.45) is 5.92 Å². The summed E-state index contributed by atoms with van der Waals surface area (Å²) in [5.74, 6) is 0.183. The fourth-order valence-corrected chi connectivity index (χ4v) is 5.26. The van der Waals surface area contributed by atoms with Crippen LogP contribution in [0.5, 0.6) is 5.75 Å². The molecule has 0 radical (unpaired) electrons. The monoisotopic (exact) mass is 527 g/mol. The SMILES string of the molecule is O=C(CN1C(=O)C(=Cc2cccc(F)c2)Oc2ccccc21)NCCCN1CCC(Cc2ccccc2)CC1. The number of hydrogen-bond donors (Lipinski definition) is 1. The Balaban J connectivity index is 1.10. The van der Waals surface area contributed by atoms with E-state index in [1.165, 1.54) is 41.5 Å². The van der Waals surface area contributed by atoms with Crippen molar-refractivity contribution < 1.29 is 18.7 Å². The number of ether oxygens (including phenoxy) is 1. The number of piperidine rings is 1. The van der Waals surface area contributed by atoms with E-state index in [9.17, 15) is 14.0 Å². The average molecular weight is 528 g/mol. The number of anilines is 1. The molecule has 2 heterocycles. The van der Waals surface area contributed by atoms with E-state index in [0.29, 0.717) is 23.5 Å². The molecule has 0 spiro atoms. The van der Waals surface area contributed by atoms with E-state index >= 15 is 0 Å². The zero-order chi connectivity index (χ0) is 27.0. The normalized spacial score (nSPS) is 17.1. The standard InChI is InChI=1S/C32H34FN3O3/c33-27-11-6-10-26(21-27)22-30-32(38)36(28-12-4-5-13-29(28)39-30)23-31(37)34-16-7-17-35-18-14-25(15-19-35)20-24-8-2-1-3-9-24/h1-6,8-13,21-22,25H,7,14-20,23H2,(H,34,37). The molecular formula is C32H34FN3O3. The number of benzene rings is 3. The highest BCUT2D eigenvalue weighted by atomic mass is 19.1. The van der Waals surface area contributed by atoms with Gasteiger partial charge in [0.25, 0.3) is 5.91 Å². The van der Waals surface area contributed by atoms with Crippen LogP contribution in [0.15, 0.2) is 84.6 Å². The second-order valence-corrected chi connectivity index (χ2v) is 10.2. The molecule has 0 saturated carbocycles. The van der Waals surface area contributed by atoms with Crippen LogP contribution in [0.2, 0.25) is 0 Å².